The maximum atomic E-state index is 13.0. The van der Waals surface area contributed by atoms with E-state index in [2.05, 4.69) is 45.3 Å². The van der Waals surface area contributed by atoms with Crippen LogP contribution in [0.3, 0.4) is 0 Å². The molecule has 1 fully saturated rings. The minimum Gasteiger partial charge on any atom is -0.352 e. The fourth-order valence-electron chi connectivity index (χ4n) is 3.90. The van der Waals surface area contributed by atoms with Crippen LogP contribution >= 0.6 is 11.3 Å². The first-order chi connectivity index (χ1) is 14.9. The Kier molecular flexibility index (Phi) is 8.49. The molecule has 2 heterocycles. The predicted octanol–water partition coefficient (Wildman–Crippen LogP) is 4.48. The van der Waals surface area contributed by atoms with Crippen LogP contribution in [-0.2, 0) is 4.79 Å². The summed E-state index contributed by atoms with van der Waals surface area (Å²) in [5.41, 5.74) is 0.694. The zero-order chi connectivity index (χ0) is 22.2. The molecular formula is C24H34N4O2S. The van der Waals surface area contributed by atoms with Gasteiger partial charge in [0.1, 0.15) is 6.04 Å². The van der Waals surface area contributed by atoms with Crippen LogP contribution < -0.4 is 16.0 Å². The van der Waals surface area contributed by atoms with Crippen molar-refractivity contribution in [1.82, 2.24) is 15.5 Å². The lowest BCUT2D eigenvalue weighted by atomic mass is 9.97. The largest absolute Gasteiger partial charge is 0.352 e. The van der Waals surface area contributed by atoms with Crippen LogP contribution in [0.5, 0.6) is 0 Å². The second kappa shape index (κ2) is 11.3. The van der Waals surface area contributed by atoms with E-state index in [1.165, 1.54) is 17.7 Å². The van der Waals surface area contributed by atoms with Gasteiger partial charge in [0.2, 0.25) is 5.91 Å². The molecule has 0 unspecified atom stereocenters. The van der Waals surface area contributed by atoms with E-state index in [1.807, 2.05) is 44.2 Å². The smallest absolute Gasteiger partial charge is 0.319 e. The first-order valence-electron chi connectivity index (χ1n) is 11.1. The van der Waals surface area contributed by atoms with Gasteiger partial charge < -0.3 is 16.0 Å². The lowest BCUT2D eigenvalue weighted by molar-refractivity contribution is -0.124. The topological polar surface area (TPSA) is 73.5 Å². The number of likely N-dealkylation sites (tertiary alicyclic amines) is 1. The second-order valence-electron chi connectivity index (χ2n) is 8.68. The highest BCUT2D eigenvalue weighted by Gasteiger charge is 2.28. The molecule has 0 aliphatic carbocycles. The summed E-state index contributed by atoms with van der Waals surface area (Å²) in [5.74, 6) is 0.579. The monoisotopic (exact) mass is 442 g/mol. The average Bonchev–Trinajstić information content (AvgIpc) is 3.28. The van der Waals surface area contributed by atoms with E-state index in [-0.39, 0.29) is 23.9 Å². The summed E-state index contributed by atoms with van der Waals surface area (Å²) in [7, 11) is 0. The van der Waals surface area contributed by atoms with Gasteiger partial charge in [-0.2, -0.15) is 0 Å². The number of benzene rings is 1. The second-order valence-corrected chi connectivity index (χ2v) is 9.66. The molecule has 0 radical (unpaired) electrons. The van der Waals surface area contributed by atoms with Crippen LogP contribution in [0.25, 0.3) is 0 Å². The molecule has 7 heteroatoms. The lowest BCUT2D eigenvalue weighted by Gasteiger charge is -2.36. The van der Waals surface area contributed by atoms with Gasteiger partial charge in [-0.3, -0.25) is 9.69 Å². The molecular weight excluding hydrogens is 408 g/mol. The molecule has 3 N–H and O–H groups in total. The van der Waals surface area contributed by atoms with Gasteiger partial charge in [0, 0.05) is 17.1 Å². The Bertz CT molecular complexity index is 817. The molecule has 0 spiro atoms. The van der Waals surface area contributed by atoms with Crippen molar-refractivity contribution in [3.63, 3.8) is 0 Å². The van der Waals surface area contributed by atoms with Crippen LogP contribution in [0.2, 0.25) is 0 Å². The number of carbonyl (C=O) groups excluding carboxylic acids is 2. The predicted molar refractivity (Wildman–Crippen MR) is 127 cm³/mol. The SMILES string of the molecule is CC1CCN([C@H](CNC(=O)[C@@H](NC(=O)Nc2ccccc2)C(C)C)c2cccs2)CC1. The van der Waals surface area contributed by atoms with Gasteiger partial charge in [-0.15, -0.1) is 11.3 Å². The van der Waals surface area contributed by atoms with Gasteiger partial charge in [-0.05, 0) is 61.3 Å². The summed E-state index contributed by atoms with van der Waals surface area (Å²) in [4.78, 5) is 29.2. The van der Waals surface area contributed by atoms with Gasteiger partial charge in [0.15, 0.2) is 0 Å². The highest BCUT2D eigenvalue weighted by atomic mass is 32.1. The van der Waals surface area contributed by atoms with Crippen molar-refractivity contribution >= 4 is 29.0 Å². The Morgan fingerprint density at radius 1 is 1.10 bits per heavy atom. The molecule has 3 rings (SSSR count). The summed E-state index contributed by atoms with van der Waals surface area (Å²) in [6, 6.07) is 12.6. The molecule has 0 saturated carbocycles. The molecule has 1 aromatic heterocycles. The van der Waals surface area contributed by atoms with E-state index in [0.717, 1.165) is 19.0 Å². The van der Waals surface area contributed by atoms with Gasteiger partial charge in [-0.25, -0.2) is 4.79 Å². The molecule has 2 aromatic rings. The molecule has 2 atom stereocenters. The van der Waals surface area contributed by atoms with Crippen molar-refractivity contribution in [3.8, 4) is 0 Å². The third-order valence-corrected chi connectivity index (χ3v) is 6.84. The zero-order valence-electron chi connectivity index (χ0n) is 18.6. The number of nitrogens with one attached hydrogen (secondary N) is 3. The van der Waals surface area contributed by atoms with Crippen LogP contribution in [0, 0.1) is 11.8 Å². The molecule has 1 aliphatic heterocycles. The lowest BCUT2D eigenvalue weighted by Crippen LogP contribution is -2.52. The number of para-hydroxylation sites is 1. The number of hydrogen-bond donors (Lipinski definition) is 3. The average molecular weight is 443 g/mol. The number of carbonyl (C=O) groups is 2. The van der Waals surface area contributed by atoms with E-state index in [4.69, 9.17) is 0 Å². The Morgan fingerprint density at radius 2 is 1.81 bits per heavy atom. The maximum absolute atomic E-state index is 13.0. The van der Waals surface area contributed by atoms with Crippen molar-refractivity contribution in [1.29, 1.82) is 0 Å². The summed E-state index contributed by atoms with van der Waals surface area (Å²) < 4.78 is 0. The molecule has 31 heavy (non-hydrogen) atoms. The van der Waals surface area contributed by atoms with E-state index in [0.29, 0.717) is 12.2 Å². The zero-order valence-corrected chi connectivity index (χ0v) is 19.5. The molecule has 6 nitrogen and oxygen atoms in total. The van der Waals surface area contributed by atoms with E-state index in [9.17, 15) is 9.59 Å². The molecule has 0 bridgehead atoms. The van der Waals surface area contributed by atoms with E-state index >= 15 is 0 Å². The Morgan fingerprint density at radius 3 is 2.42 bits per heavy atom. The van der Waals surface area contributed by atoms with Gasteiger partial charge in [0.05, 0.1) is 6.04 Å². The number of nitrogens with zero attached hydrogens (tertiary/aromatic N) is 1. The van der Waals surface area contributed by atoms with Crippen molar-refractivity contribution in [2.75, 3.05) is 25.0 Å². The highest BCUT2D eigenvalue weighted by molar-refractivity contribution is 7.10. The molecule has 1 saturated heterocycles. The van der Waals surface area contributed by atoms with Crippen LogP contribution in [-0.4, -0.2) is 42.5 Å². The third kappa shape index (κ3) is 6.80. The normalized spacial score (nSPS) is 17.2. The van der Waals surface area contributed by atoms with Crippen LogP contribution in [0.4, 0.5) is 10.5 Å². The maximum Gasteiger partial charge on any atom is 0.319 e. The van der Waals surface area contributed by atoms with Crippen molar-refractivity contribution < 1.29 is 9.59 Å². The van der Waals surface area contributed by atoms with E-state index in [1.54, 1.807) is 11.3 Å². The number of anilines is 1. The number of rotatable bonds is 8. The first-order valence-corrected chi connectivity index (χ1v) is 12.0. The highest BCUT2D eigenvalue weighted by Crippen LogP contribution is 2.29. The van der Waals surface area contributed by atoms with Crippen molar-refractivity contribution in [3.05, 3.63) is 52.7 Å². The molecule has 1 aromatic carbocycles. The van der Waals surface area contributed by atoms with Crippen LogP contribution in [0.15, 0.2) is 47.8 Å². The quantitative estimate of drug-likeness (QED) is 0.564. The van der Waals surface area contributed by atoms with Gasteiger partial charge >= 0.3 is 6.03 Å². The molecule has 168 valence electrons. The Hall–Kier alpha value is -2.38. The number of urea groups is 1. The number of piperidine rings is 1. The van der Waals surface area contributed by atoms with Crippen molar-refractivity contribution in [2.24, 2.45) is 11.8 Å². The molecule has 1 aliphatic rings. The molecule has 3 amide bonds. The summed E-state index contributed by atoms with van der Waals surface area (Å²) >= 11 is 1.73. The van der Waals surface area contributed by atoms with Crippen molar-refractivity contribution in [2.45, 2.75) is 45.7 Å². The van der Waals surface area contributed by atoms with Gasteiger partial charge in [0.25, 0.3) is 0 Å². The third-order valence-electron chi connectivity index (χ3n) is 5.87. The standard InChI is InChI=1S/C24H34N4O2S/c1-17(2)22(27-24(30)26-19-8-5-4-6-9-19)23(29)25-16-20(21-10-7-15-31-21)28-13-11-18(3)12-14-28/h4-10,15,17-18,20,22H,11-14,16H2,1-3H3,(H,25,29)(H2,26,27,30)/t20-,22+/m1/s1. The number of hydrogen-bond acceptors (Lipinski definition) is 4. The number of thiophene rings is 1. The minimum absolute atomic E-state index is 0.0300. The Labute approximate surface area is 189 Å². The minimum atomic E-state index is -0.603. The Balaban J connectivity index is 1.60. The fourth-order valence-corrected chi connectivity index (χ4v) is 4.76. The fraction of sp³-hybridized carbons (Fsp3) is 0.500. The summed E-state index contributed by atoms with van der Waals surface area (Å²) in [6.45, 7) is 8.82. The van der Waals surface area contributed by atoms with Crippen LogP contribution in [0.1, 0.15) is 44.5 Å². The summed E-state index contributed by atoms with van der Waals surface area (Å²) in [5, 5.41) is 10.8. The van der Waals surface area contributed by atoms with E-state index < -0.39 is 6.04 Å². The first kappa shape index (κ1) is 23.3. The number of amides is 3. The summed E-state index contributed by atoms with van der Waals surface area (Å²) in [6.07, 6.45) is 2.37. The van der Waals surface area contributed by atoms with Gasteiger partial charge in [-0.1, -0.05) is 45.0 Å².